The van der Waals surface area contributed by atoms with Crippen LogP contribution in [0.3, 0.4) is 0 Å². The van der Waals surface area contributed by atoms with Crippen LogP contribution in [0.5, 0.6) is 0 Å². The Bertz CT molecular complexity index is 862. The number of benzene rings is 2. The van der Waals surface area contributed by atoms with Crippen LogP contribution in [0.25, 0.3) is 0 Å². The van der Waals surface area contributed by atoms with Gasteiger partial charge < -0.3 is 15.5 Å². The average molecular weight is 354 g/mol. The molecule has 1 heterocycles. The van der Waals surface area contributed by atoms with Crippen molar-refractivity contribution in [2.75, 3.05) is 29.6 Å². The Balaban J connectivity index is 1.75. The lowest BCUT2D eigenvalue weighted by atomic mass is 10.2. The molecule has 3 aromatic rings. The van der Waals surface area contributed by atoms with E-state index >= 15 is 0 Å². The van der Waals surface area contributed by atoms with Gasteiger partial charge in [0.2, 0.25) is 5.95 Å². The fraction of sp³-hybridized carbons (Fsp3) is 0.158. The first-order valence-corrected chi connectivity index (χ1v) is 8.30. The van der Waals surface area contributed by atoms with E-state index in [-0.39, 0.29) is 0 Å². The van der Waals surface area contributed by atoms with Crippen molar-refractivity contribution in [1.29, 1.82) is 0 Å². The van der Waals surface area contributed by atoms with Crippen LogP contribution < -0.4 is 15.5 Å². The van der Waals surface area contributed by atoms with Gasteiger partial charge in [0.25, 0.3) is 0 Å². The number of nitrogens with zero attached hydrogens (tertiary/aromatic N) is 3. The summed E-state index contributed by atoms with van der Waals surface area (Å²) in [7, 11) is 4.03. The fourth-order valence-corrected chi connectivity index (χ4v) is 2.59. The highest BCUT2D eigenvalue weighted by Gasteiger charge is 2.04. The van der Waals surface area contributed by atoms with Crippen LogP contribution in [-0.2, 0) is 0 Å². The van der Waals surface area contributed by atoms with Gasteiger partial charge in [-0.3, -0.25) is 0 Å². The van der Waals surface area contributed by atoms with E-state index in [2.05, 4.69) is 25.5 Å². The van der Waals surface area contributed by atoms with Gasteiger partial charge in [-0.25, -0.2) is 4.98 Å². The number of nitrogens with one attached hydrogen (secondary N) is 2. The summed E-state index contributed by atoms with van der Waals surface area (Å²) in [6.07, 6.45) is 1.72. The topological polar surface area (TPSA) is 53.1 Å². The average Bonchev–Trinajstić information content (AvgIpc) is 2.58. The van der Waals surface area contributed by atoms with Crippen LogP contribution in [0.1, 0.15) is 5.56 Å². The van der Waals surface area contributed by atoms with Crippen molar-refractivity contribution < 1.29 is 0 Å². The number of anilines is 5. The molecule has 0 fully saturated rings. The molecule has 25 heavy (non-hydrogen) atoms. The van der Waals surface area contributed by atoms with Gasteiger partial charge in [-0.05, 0) is 61.0 Å². The molecule has 0 aliphatic rings. The minimum absolute atomic E-state index is 0.536. The molecule has 0 unspecified atom stereocenters. The smallest absolute Gasteiger partial charge is 0.229 e. The molecule has 3 rings (SSSR count). The van der Waals surface area contributed by atoms with Crippen molar-refractivity contribution >= 4 is 40.4 Å². The Hall–Kier alpha value is -2.79. The zero-order chi connectivity index (χ0) is 17.8. The fourth-order valence-electron chi connectivity index (χ4n) is 2.37. The zero-order valence-electron chi connectivity index (χ0n) is 14.4. The van der Waals surface area contributed by atoms with Crippen LogP contribution in [0.4, 0.5) is 28.8 Å². The van der Waals surface area contributed by atoms with Crippen LogP contribution in [0.15, 0.2) is 54.7 Å². The Kier molecular flexibility index (Phi) is 5.05. The molecule has 5 nitrogen and oxygen atoms in total. The van der Waals surface area contributed by atoms with Crippen molar-refractivity contribution in [2.24, 2.45) is 0 Å². The molecule has 0 radical (unpaired) electrons. The molecule has 0 atom stereocenters. The maximum absolute atomic E-state index is 6.00. The second kappa shape index (κ2) is 7.40. The lowest BCUT2D eigenvalue weighted by Gasteiger charge is -2.13. The van der Waals surface area contributed by atoms with Gasteiger partial charge in [0.1, 0.15) is 5.82 Å². The standard InChI is InChI=1S/C19H20ClN5/c1-13-12-14(20)4-9-17(13)23-18-10-11-21-19(24-18)22-15-5-7-16(8-6-15)25(2)3/h4-12H,1-3H3,(H2,21,22,23,24). The first kappa shape index (κ1) is 17.0. The first-order chi connectivity index (χ1) is 12.0. The second-order valence-corrected chi connectivity index (χ2v) is 6.35. The predicted octanol–water partition coefficient (Wildman–Crippen LogP) is 4.99. The third-order valence-electron chi connectivity index (χ3n) is 3.75. The minimum atomic E-state index is 0.536. The summed E-state index contributed by atoms with van der Waals surface area (Å²) in [5.41, 5.74) is 4.09. The molecule has 0 saturated heterocycles. The number of hydrogen-bond donors (Lipinski definition) is 2. The van der Waals surface area contributed by atoms with Gasteiger partial charge >= 0.3 is 0 Å². The highest BCUT2D eigenvalue weighted by Crippen LogP contribution is 2.23. The molecule has 0 aliphatic carbocycles. The molecule has 0 amide bonds. The van der Waals surface area contributed by atoms with Crippen LogP contribution in [-0.4, -0.2) is 24.1 Å². The monoisotopic (exact) mass is 353 g/mol. The number of rotatable bonds is 5. The maximum Gasteiger partial charge on any atom is 0.229 e. The molecule has 0 spiro atoms. The Labute approximate surface area is 152 Å². The third-order valence-corrected chi connectivity index (χ3v) is 3.98. The van der Waals surface area contributed by atoms with Gasteiger partial charge in [0.05, 0.1) is 0 Å². The maximum atomic E-state index is 6.00. The van der Waals surface area contributed by atoms with Crippen molar-refractivity contribution in [3.8, 4) is 0 Å². The van der Waals surface area contributed by atoms with Crippen molar-refractivity contribution in [3.63, 3.8) is 0 Å². The molecular formula is C19H20ClN5. The first-order valence-electron chi connectivity index (χ1n) is 7.92. The van der Waals surface area contributed by atoms with Crippen molar-refractivity contribution in [3.05, 3.63) is 65.3 Å². The van der Waals surface area contributed by atoms with E-state index in [0.717, 1.165) is 22.6 Å². The van der Waals surface area contributed by atoms with E-state index in [1.807, 2.05) is 69.6 Å². The molecule has 128 valence electrons. The Morgan fingerprint density at radius 2 is 1.72 bits per heavy atom. The summed E-state index contributed by atoms with van der Waals surface area (Å²) in [6, 6.07) is 15.6. The Morgan fingerprint density at radius 1 is 0.960 bits per heavy atom. The number of aryl methyl sites for hydroxylation is 1. The molecular weight excluding hydrogens is 334 g/mol. The van der Waals surface area contributed by atoms with Gasteiger partial charge in [0.15, 0.2) is 0 Å². The molecule has 6 heteroatoms. The van der Waals surface area contributed by atoms with E-state index in [1.54, 1.807) is 6.20 Å². The van der Waals surface area contributed by atoms with Crippen LogP contribution in [0.2, 0.25) is 5.02 Å². The third kappa shape index (κ3) is 4.39. The van der Waals surface area contributed by atoms with E-state index in [9.17, 15) is 0 Å². The van der Waals surface area contributed by atoms with Crippen molar-refractivity contribution in [2.45, 2.75) is 6.92 Å². The van der Waals surface area contributed by atoms with E-state index in [1.165, 1.54) is 0 Å². The highest BCUT2D eigenvalue weighted by atomic mass is 35.5. The molecule has 0 bridgehead atoms. The van der Waals surface area contributed by atoms with Crippen LogP contribution >= 0.6 is 11.6 Å². The van der Waals surface area contributed by atoms with E-state index in [0.29, 0.717) is 16.8 Å². The van der Waals surface area contributed by atoms with Gasteiger partial charge in [0, 0.05) is 42.4 Å². The molecule has 2 N–H and O–H groups in total. The minimum Gasteiger partial charge on any atom is -0.378 e. The summed E-state index contributed by atoms with van der Waals surface area (Å²) in [5, 5.41) is 7.23. The normalized spacial score (nSPS) is 10.4. The lowest BCUT2D eigenvalue weighted by molar-refractivity contribution is 1.13. The summed E-state index contributed by atoms with van der Waals surface area (Å²) < 4.78 is 0. The zero-order valence-corrected chi connectivity index (χ0v) is 15.2. The lowest BCUT2D eigenvalue weighted by Crippen LogP contribution is -2.08. The second-order valence-electron chi connectivity index (χ2n) is 5.92. The molecule has 2 aromatic carbocycles. The van der Waals surface area contributed by atoms with Crippen molar-refractivity contribution in [1.82, 2.24) is 9.97 Å². The SMILES string of the molecule is Cc1cc(Cl)ccc1Nc1ccnc(Nc2ccc(N(C)C)cc2)n1. The summed E-state index contributed by atoms with van der Waals surface area (Å²) >= 11 is 6.00. The largest absolute Gasteiger partial charge is 0.378 e. The number of hydrogen-bond acceptors (Lipinski definition) is 5. The van der Waals surface area contributed by atoms with Gasteiger partial charge in [-0.2, -0.15) is 4.98 Å². The summed E-state index contributed by atoms with van der Waals surface area (Å²) in [6.45, 7) is 2.00. The number of halogens is 1. The van der Waals surface area contributed by atoms with Gasteiger partial charge in [-0.1, -0.05) is 11.6 Å². The van der Waals surface area contributed by atoms with E-state index in [4.69, 9.17) is 11.6 Å². The van der Waals surface area contributed by atoms with Gasteiger partial charge in [-0.15, -0.1) is 0 Å². The molecule has 1 aromatic heterocycles. The quantitative estimate of drug-likeness (QED) is 0.676. The Morgan fingerprint density at radius 3 is 2.40 bits per heavy atom. The van der Waals surface area contributed by atoms with E-state index < -0.39 is 0 Å². The van der Waals surface area contributed by atoms with Crippen LogP contribution in [0, 0.1) is 6.92 Å². The molecule has 0 aliphatic heterocycles. The summed E-state index contributed by atoms with van der Waals surface area (Å²) in [4.78, 5) is 10.8. The predicted molar refractivity (Wildman–Crippen MR) is 106 cm³/mol. The highest BCUT2D eigenvalue weighted by molar-refractivity contribution is 6.30. The number of aromatic nitrogens is 2. The molecule has 0 saturated carbocycles. The summed E-state index contributed by atoms with van der Waals surface area (Å²) in [5.74, 6) is 1.25.